The molecule has 1 atom stereocenters. The summed E-state index contributed by atoms with van der Waals surface area (Å²) >= 11 is 0. The lowest BCUT2D eigenvalue weighted by Crippen LogP contribution is -2.06. The van der Waals surface area contributed by atoms with Crippen molar-refractivity contribution in [3.63, 3.8) is 0 Å². The van der Waals surface area contributed by atoms with E-state index in [2.05, 4.69) is 22.9 Å². The van der Waals surface area contributed by atoms with Crippen LogP contribution in [0, 0.1) is 0 Å². The predicted molar refractivity (Wildman–Crippen MR) is 74.6 cm³/mol. The van der Waals surface area contributed by atoms with E-state index in [4.69, 9.17) is 10.5 Å². The number of nitrogen functional groups attached to an aromatic ring is 1. The third kappa shape index (κ3) is 2.36. The van der Waals surface area contributed by atoms with Crippen molar-refractivity contribution in [3.05, 3.63) is 30.5 Å². The normalized spacial score (nSPS) is 19.7. The van der Waals surface area contributed by atoms with Crippen molar-refractivity contribution >= 4 is 16.6 Å². The van der Waals surface area contributed by atoms with E-state index in [9.17, 15) is 0 Å². The van der Waals surface area contributed by atoms with E-state index in [1.807, 2.05) is 12.1 Å². The van der Waals surface area contributed by atoms with Gasteiger partial charge in [0.1, 0.15) is 0 Å². The van der Waals surface area contributed by atoms with Gasteiger partial charge < -0.3 is 15.0 Å². The summed E-state index contributed by atoms with van der Waals surface area (Å²) in [7, 11) is 0. The summed E-state index contributed by atoms with van der Waals surface area (Å²) in [5.41, 5.74) is 7.90. The minimum atomic E-state index is 0.502. The van der Waals surface area contributed by atoms with E-state index in [-0.39, 0.29) is 0 Å². The molecule has 1 aromatic heterocycles. The topological polar surface area (TPSA) is 40.2 Å². The first-order valence-electron chi connectivity index (χ1n) is 6.79. The summed E-state index contributed by atoms with van der Waals surface area (Å²) in [6.07, 6.45) is 7.48. The number of benzene rings is 1. The van der Waals surface area contributed by atoms with Crippen molar-refractivity contribution in [1.82, 2.24) is 4.57 Å². The minimum Gasteiger partial charge on any atom is -0.399 e. The molecule has 3 nitrogen and oxygen atoms in total. The van der Waals surface area contributed by atoms with E-state index < -0.39 is 0 Å². The fourth-order valence-electron chi connectivity index (χ4n) is 2.77. The molecule has 1 aliphatic rings. The van der Waals surface area contributed by atoms with Gasteiger partial charge in [-0.3, -0.25) is 0 Å². The highest BCUT2D eigenvalue weighted by atomic mass is 16.5. The van der Waals surface area contributed by atoms with Crippen LogP contribution in [0.1, 0.15) is 25.7 Å². The Bertz CT molecular complexity index is 526. The number of anilines is 1. The number of nitrogens with zero attached hydrogens (tertiary/aromatic N) is 1. The minimum absolute atomic E-state index is 0.502. The standard InChI is InChI=1S/C15H20N2O/c16-13-5-6-15-12(11-13)7-9-17(15)8-1-3-14-4-2-10-18-14/h5-7,9,11,14H,1-4,8,10,16H2. The molecule has 1 aliphatic heterocycles. The Morgan fingerprint density at radius 2 is 2.28 bits per heavy atom. The Morgan fingerprint density at radius 3 is 3.11 bits per heavy atom. The van der Waals surface area contributed by atoms with E-state index in [0.717, 1.165) is 18.8 Å². The number of ether oxygens (including phenoxy) is 1. The summed E-state index contributed by atoms with van der Waals surface area (Å²) in [6.45, 7) is 2.02. The summed E-state index contributed by atoms with van der Waals surface area (Å²) in [5, 5.41) is 1.23. The first kappa shape index (κ1) is 11.6. The Labute approximate surface area is 108 Å². The average molecular weight is 244 g/mol. The molecule has 18 heavy (non-hydrogen) atoms. The van der Waals surface area contributed by atoms with Crippen LogP contribution in [0.3, 0.4) is 0 Å². The van der Waals surface area contributed by atoms with Crippen LogP contribution < -0.4 is 5.73 Å². The molecule has 1 unspecified atom stereocenters. The summed E-state index contributed by atoms with van der Waals surface area (Å²) in [6, 6.07) is 8.25. The van der Waals surface area contributed by atoms with Crippen molar-refractivity contribution in [3.8, 4) is 0 Å². The Balaban J connectivity index is 1.63. The summed E-state index contributed by atoms with van der Waals surface area (Å²) in [5.74, 6) is 0. The molecule has 3 rings (SSSR count). The predicted octanol–water partition coefficient (Wildman–Crippen LogP) is 3.18. The third-order valence-corrected chi connectivity index (χ3v) is 3.74. The van der Waals surface area contributed by atoms with Crippen LogP contribution in [-0.2, 0) is 11.3 Å². The highest BCUT2D eigenvalue weighted by molar-refractivity contribution is 5.83. The van der Waals surface area contributed by atoms with Crippen LogP contribution in [-0.4, -0.2) is 17.3 Å². The Hall–Kier alpha value is -1.48. The molecular weight excluding hydrogens is 224 g/mol. The lowest BCUT2D eigenvalue weighted by molar-refractivity contribution is 0.101. The van der Waals surface area contributed by atoms with Crippen LogP contribution >= 0.6 is 0 Å². The number of hydrogen-bond donors (Lipinski definition) is 1. The summed E-state index contributed by atoms with van der Waals surface area (Å²) < 4.78 is 7.96. The average Bonchev–Trinajstić information content (AvgIpc) is 2.99. The molecule has 1 saturated heterocycles. The number of nitrogens with two attached hydrogens (primary N) is 1. The molecule has 3 heteroatoms. The smallest absolute Gasteiger partial charge is 0.0576 e. The SMILES string of the molecule is Nc1ccc2c(ccn2CCCC2CCCO2)c1. The highest BCUT2D eigenvalue weighted by Gasteiger charge is 2.14. The fourth-order valence-corrected chi connectivity index (χ4v) is 2.77. The first-order valence-corrected chi connectivity index (χ1v) is 6.79. The molecule has 0 spiro atoms. The second-order valence-electron chi connectivity index (χ2n) is 5.10. The van der Waals surface area contributed by atoms with Crippen LogP contribution in [0.2, 0.25) is 0 Å². The van der Waals surface area contributed by atoms with Gasteiger partial charge in [0, 0.05) is 35.9 Å². The van der Waals surface area contributed by atoms with Gasteiger partial charge in [-0.1, -0.05) is 0 Å². The van der Waals surface area contributed by atoms with Crippen molar-refractivity contribution in [2.45, 2.75) is 38.3 Å². The molecule has 0 aliphatic carbocycles. The van der Waals surface area contributed by atoms with Gasteiger partial charge in [0.25, 0.3) is 0 Å². The van der Waals surface area contributed by atoms with Gasteiger partial charge in [0.05, 0.1) is 6.10 Å². The molecule has 2 heterocycles. The zero-order valence-corrected chi connectivity index (χ0v) is 10.6. The van der Waals surface area contributed by atoms with Gasteiger partial charge >= 0.3 is 0 Å². The van der Waals surface area contributed by atoms with Crippen LogP contribution in [0.15, 0.2) is 30.5 Å². The van der Waals surface area contributed by atoms with Gasteiger partial charge in [-0.15, -0.1) is 0 Å². The van der Waals surface area contributed by atoms with Gasteiger partial charge in [-0.05, 0) is 49.9 Å². The van der Waals surface area contributed by atoms with Gasteiger partial charge in [0.15, 0.2) is 0 Å². The summed E-state index contributed by atoms with van der Waals surface area (Å²) in [4.78, 5) is 0. The van der Waals surface area contributed by atoms with Gasteiger partial charge in [0.2, 0.25) is 0 Å². The van der Waals surface area contributed by atoms with Crippen LogP contribution in [0.4, 0.5) is 5.69 Å². The van der Waals surface area contributed by atoms with Crippen molar-refractivity contribution in [2.24, 2.45) is 0 Å². The zero-order valence-electron chi connectivity index (χ0n) is 10.6. The maximum atomic E-state index is 5.79. The lowest BCUT2D eigenvalue weighted by Gasteiger charge is -2.10. The first-order chi connectivity index (χ1) is 8.83. The molecule has 1 fully saturated rings. The molecular formula is C15H20N2O. The molecule has 0 saturated carbocycles. The number of rotatable bonds is 4. The maximum absolute atomic E-state index is 5.79. The molecule has 0 amide bonds. The second-order valence-corrected chi connectivity index (χ2v) is 5.10. The van der Waals surface area contributed by atoms with Crippen molar-refractivity contribution < 1.29 is 4.74 Å². The van der Waals surface area contributed by atoms with Gasteiger partial charge in [-0.25, -0.2) is 0 Å². The van der Waals surface area contributed by atoms with Crippen LogP contribution in [0.5, 0.6) is 0 Å². The van der Waals surface area contributed by atoms with Gasteiger partial charge in [-0.2, -0.15) is 0 Å². The quantitative estimate of drug-likeness (QED) is 0.839. The number of aromatic nitrogens is 1. The molecule has 96 valence electrons. The van der Waals surface area contributed by atoms with E-state index >= 15 is 0 Å². The van der Waals surface area contributed by atoms with E-state index in [0.29, 0.717) is 6.10 Å². The Kier molecular flexibility index (Phi) is 3.24. The Morgan fingerprint density at radius 1 is 1.33 bits per heavy atom. The monoisotopic (exact) mass is 244 g/mol. The highest BCUT2D eigenvalue weighted by Crippen LogP contribution is 2.21. The molecule has 2 N–H and O–H groups in total. The second kappa shape index (κ2) is 5.02. The lowest BCUT2D eigenvalue weighted by atomic mass is 10.1. The molecule has 2 aromatic rings. The van der Waals surface area contributed by atoms with Crippen LogP contribution in [0.25, 0.3) is 10.9 Å². The number of hydrogen-bond acceptors (Lipinski definition) is 2. The van der Waals surface area contributed by atoms with Crippen molar-refractivity contribution in [2.75, 3.05) is 12.3 Å². The number of aryl methyl sites for hydroxylation is 1. The maximum Gasteiger partial charge on any atom is 0.0576 e. The largest absolute Gasteiger partial charge is 0.399 e. The molecule has 0 radical (unpaired) electrons. The van der Waals surface area contributed by atoms with E-state index in [1.54, 1.807) is 0 Å². The molecule has 1 aromatic carbocycles. The van der Waals surface area contributed by atoms with E-state index in [1.165, 1.54) is 36.6 Å². The molecule has 0 bridgehead atoms. The fraction of sp³-hybridized carbons (Fsp3) is 0.467. The van der Waals surface area contributed by atoms with Crippen molar-refractivity contribution in [1.29, 1.82) is 0 Å². The zero-order chi connectivity index (χ0) is 12.4. The number of fused-ring (bicyclic) bond motifs is 1. The third-order valence-electron chi connectivity index (χ3n) is 3.74.